The van der Waals surface area contributed by atoms with Crippen LogP contribution < -0.4 is 5.32 Å². The van der Waals surface area contributed by atoms with Gasteiger partial charge in [0.15, 0.2) is 0 Å². The standard InChI is InChI=1S/C17H21N/c1-2-10-17(11-5-12-18-17)16-9-8-14-6-3-4-7-15(14)13-16/h3-4,6-9,13,18H,2,5,10-12H2,1H3. The third-order valence-corrected chi connectivity index (χ3v) is 4.22. The number of benzene rings is 2. The van der Waals surface area contributed by atoms with Crippen molar-refractivity contribution in [3.63, 3.8) is 0 Å². The van der Waals surface area contributed by atoms with Crippen LogP contribution in [0.15, 0.2) is 42.5 Å². The van der Waals surface area contributed by atoms with E-state index in [0.29, 0.717) is 0 Å². The molecule has 2 aromatic carbocycles. The van der Waals surface area contributed by atoms with Crippen LogP contribution in [0.25, 0.3) is 10.8 Å². The Morgan fingerprint density at radius 3 is 2.67 bits per heavy atom. The molecule has 18 heavy (non-hydrogen) atoms. The van der Waals surface area contributed by atoms with E-state index in [1.165, 1.54) is 42.0 Å². The van der Waals surface area contributed by atoms with Crippen molar-refractivity contribution in [1.82, 2.24) is 5.32 Å². The lowest BCUT2D eigenvalue weighted by Crippen LogP contribution is -2.36. The van der Waals surface area contributed by atoms with Crippen LogP contribution in [-0.4, -0.2) is 6.54 Å². The van der Waals surface area contributed by atoms with Crippen molar-refractivity contribution in [2.24, 2.45) is 0 Å². The first-order valence-corrected chi connectivity index (χ1v) is 7.08. The average molecular weight is 239 g/mol. The molecule has 1 nitrogen and oxygen atoms in total. The lowest BCUT2D eigenvalue weighted by atomic mass is 9.83. The summed E-state index contributed by atoms with van der Waals surface area (Å²) < 4.78 is 0. The second-order valence-electron chi connectivity index (χ2n) is 5.42. The molecule has 1 unspecified atom stereocenters. The first-order chi connectivity index (χ1) is 8.84. The van der Waals surface area contributed by atoms with Gasteiger partial charge in [-0.2, -0.15) is 0 Å². The second kappa shape index (κ2) is 4.74. The molecule has 1 aliphatic heterocycles. The van der Waals surface area contributed by atoms with Gasteiger partial charge in [0.25, 0.3) is 0 Å². The molecule has 0 aliphatic carbocycles. The molecule has 1 heteroatoms. The number of hydrogen-bond donors (Lipinski definition) is 1. The summed E-state index contributed by atoms with van der Waals surface area (Å²) in [4.78, 5) is 0. The van der Waals surface area contributed by atoms with E-state index >= 15 is 0 Å². The number of hydrogen-bond acceptors (Lipinski definition) is 1. The molecule has 1 aliphatic rings. The van der Waals surface area contributed by atoms with E-state index in [1.807, 2.05) is 0 Å². The van der Waals surface area contributed by atoms with Crippen molar-refractivity contribution >= 4 is 10.8 Å². The van der Waals surface area contributed by atoms with Gasteiger partial charge in [0.1, 0.15) is 0 Å². The number of fused-ring (bicyclic) bond motifs is 1. The topological polar surface area (TPSA) is 12.0 Å². The highest BCUT2D eigenvalue weighted by molar-refractivity contribution is 5.83. The maximum Gasteiger partial charge on any atom is 0.0435 e. The van der Waals surface area contributed by atoms with Crippen molar-refractivity contribution in [2.45, 2.75) is 38.1 Å². The Kier molecular flexibility index (Phi) is 3.09. The number of nitrogens with one attached hydrogen (secondary N) is 1. The van der Waals surface area contributed by atoms with E-state index in [-0.39, 0.29) is 5.54 Å². The lowest BCUT2D eigenvalue weighted by molar-refractivity contribution is 0.356. The van der Waals surface area contributed by atoms with Crippen LogP contribution >= 0.6 is 0 Å². The van der Waals surface area contributed by atoms with Crippen LogP contribution in [0.5, 0.6) is 0 Å². The van der Waals surface area contributed by atoms with Gasteiger partial charge in [-0.25, -0.2) is 0 Å². The molecular weight excluding hydrogens is 218 g/mol. The van der Waals surface area contributed by atoms with Crippen molar-refractivity contribution in [2.75, 3.05) is 6.54 Å². The lowest BCUT2D eigenvalue weighted by Gasteiger charge is -2.30. The molecule has 1 heterocycles. The van der Waals surface area contributed by atoms with Crippen LogP contribution in [-0.2, 0) is 5.54 Å². The molecular formula is C17H21N. The third-order valence-electron chi connectivity index (χ3n) is 4.22. The van der Waals surface area contributed by atoms with Crippen molar-refractivity contribution in [3.05, 3.63) is 48.0 Å². The Morgan fingerprint density at radius 2 is 1.94 bits per heavy atom. The largest absolute Gasteiger partial charge is 0.307 e. The molecule has 1 N–H and O–H groups in total. The molecule has 0 radical (unpaired) electrons. The highest BCUT2D eigenvalue weighted by Gasteiger charge is 2.34. The van der Waals surface area contributed by atoms with Crippen molar-refractivity contribution in [1.29, 1.82) is 0 Å². The molecule has 1 saturated heterocycles. The average Bonchev–Trinajstić information content (AvgIpc) is 2.88. The highest BCUT2D eigenvalue weighted by atomic mass is 15.0. The highest BCUT2D eigenvalue weighted by Crippen LogP contribution is 2.36. The molecule has 0 amide bonds. The first-order valence-electron chi connectivity index (χ1n) is 7.08. The van der Waals surface area contributed by atoms with Gasteiger partial charge in [0, 0.05) is 5.54 Å². The van der Waals surface area contributed by atoms with Gasteiger partial charge in [-0.05, 0) is 48.2 Å². The minimum atomic E-state index is 0.235. The Hall–Kier alpha value is -1.34. The molecule has 0 saturated carbocycles. The first kappa shape index (κ1) is 11.7. The summed E-state index contributed by atoms with van der Waals surface area (Å²) in [5.41, 5.74) is 1.71. The Balaban J connectivity index is 2.06. The summed E-state index contributed by atoms with van der Waals surface area (Å²) in [6.07, 6.45) is 5.05. The molecule has 94 valence electrons. The van der Waals surface area contributed by atoms with Crippen molar-refractivity contribution in [3.8, 4) is 0 Å². The van der Waals surface area contributed by atoms with E-state index in [2.05, 4.69) is 54.7 Å². The summed E-state index contributed by atoms with van der Waals surface area (Å²) >= 11 is 0. The van der Waals surface area contributed by atoms with Crippen LogP contribution in [0.3, 0.4) is 0 Å². The smallest absolute Gasteiger partial charge is 0.0435 e. The summed E-state index contributed by atoms with van der Waals surface area (Å²) in [6, 6.07) is 15.6. The Labute approximate surface area is 109 Å². The van der Waals surface area contributed by atoms with Gasteiger partial charge >= 0.3 is 0 Å². The molecule has 1 atom stereocenters. The van der Waals surface area contributed by atoms with Gasteiger partial charge in [0.2, 0.25) is 0 Å². The fourth-order valence-corrected chi connectivity index (χ4v) is 3.32. The summed E-state index contributed by atoms with van der Waals surface area (Å²) in [6.45, 7) is 3.44. The predicted octanol–water partition coefficient (Wildman–Crippen LogP) is 4.22. The van der Waals surface area contributed by atoms with Crippen LogP contribution in [0, 0.1) is 0 Å². The van der Waals surface area contributed by atoms with Crippen LogP contribution in [0.2, 0.25) is 0 Å². The third kappa shape index (κ3) is 1.93. The zero-order chi connectivity index (χ0) is 12.4. The minimum Gasteiger partial charge on any atom is -0.307 e. The normalized spacial score (nSPS) is 23.6. The summed E-state index contributed by atoms with van der Waals surface area (Å²) in [5.74, 6) is 0. The molecule has 1 fully saturated rings. The quantitative estimate of drug-likeness (QED) is 0.845. The zero-order valence-corrected chi connectivity index (χ0v) is 11.1. The molecule has 0 bridgehead atoms. The van der Waals surface area contributed by atoms with E-state index in [0.717, 1.165) is 6.54 Å². The molecule has 2 aromatic rings. The maximum absolute atomic E-state index is 3.75. The maximum atomic E-state index is 3.75. The molecule has 0 spiro atoms. The number of rotatable bonds is 3. The molecule has 0 aromatic heterocycles. The van der Waals surface area contributed by atoms with E-state index in [9.17, 15) is 0 Å². The summed E-state index contributed by atoms with van der Waals surface area (Å²) in [5, 5.41) is 6.45. The predicted molar refractivity (Wildman–Crippen MR) is 77.8 cm³/mol. The van der Waals surface area contributed by atoms with Crippen molar-refractivity contribution < 1.29 is 0 Å². The van der Waals surface area contributed by atoms with Gasteiger partial charge in [-0.15, -0.1) is 0 Å². The van der Waals surface area contributed by atoms with Gasteiger partial charge < -0.3 is 5.32 Å². The van der Waals surface area contributed by atoms with E-state index in [4.69, 9.17) is 0 Å². The van der Waals surface area contributed by atoms with E-state index in [1.54, 1.807) is 0 Å². The Bertz CT molecular complexity index is 538. The van der Waals surface area contributed by atoms with Gasteiger partial charge in [-0.1, -0.05) is 49.7 Å². The van der Waals surface area contributed by atoms with Gasteiger partial charge in [-0.3, -0.25) is 0 Å². The zero-order valence-electron chi connectivity index (χ0n) is 11.1. The Morgan fingerprint density at radius 1 is 1.11 bits per heavy atom. The second-order valence-corrected chi connectivity index (χ2v) is 5.42. The van der Waals surface area contributed by atoms with E-state index < -0.39 is 0 Å². The van der Waals surface area contributed by atoms with Crippen LogP contribution in [0.1, 0.15) is 38.2 Å². The fraction of sp³-hybridized carbons (Fsp3) is 0.412. The van der Waals surface area contributed by atoms with Crippen LogP contribution in [0.4, 0.5) is 0 Å². The summed E-state index contributed by atoms with van der Waals surface area (Å²) in [7, 11) is 0. The fourth-order valence-electron chi connectivity index (χ4n) is 3.32. The monoisotopic (exact) mass is 239 g/mol. The SMILES string of the molecule is CCCC1(c2ccc3ccccc3c2)CCCN1. The minimum absolute atomic E-state index is 0.235. The molecule has 3 rings (SSSR count). The van der Waals surface area contributed by atoms with Gasteiger partial charge in [0.05, 0.1) is 0 Å².